The Hall–Kier alpha value is -2.89. The molecule has 0 fully saturated rings. The predicted octanol–water partition coefficient (Wildman–Crippen LogP) is 6.29. The molecule has 0 bridgehead atoms. The highest BCUT2D eigenvalue weighted by molar-refractivity contribution is 5.91. The van der Waals surface area contributed by atoms with Crippen molar-refractivity contribution in [2.45, 2.75) is 26.9 Å². The smallest absolute Gasteiger partial charge is 0.344 e. The standard InChI is InChI=1S/C21H20F3N3/c1-13(2)11-14(3)25-20-17-9-4-5-10-18(17)26-19(27-20)15-7-6-8-16(12-15)21(22,23)24/h4-13H,1-3H3,(H,25,26,27)/b14-11+. The molecule has 140 valence electrons. The maximum absolute atomic E-state index is 13.0. The topological polar surface area (TPSA) is 37.8 Å². The van der Waals surface area contributed by atoms with Gasteiger partial charge in [-0.05, 0) is 37.1 Å². The van der Waals surface area contributed by atoms with Crippen LogP contribution in [0.1, 0.15) is 26.3 Å². The van der Waals surface area contributed by atoms with E-state index in [1.165, 1.54) is 6.07 Å². The van der Waals surface area contributed by atoms with Gasteiger partial charge in [0.2, 0.25) is 0 Å². The molecule has 1 N–H and O–H groups in total. The van der Waals surface area contributed by atoms with Crippen molar-refractivity contribution in [3.8, 4) is 11.4 Å². The van der Waals surface area contributed by atoms with Crippen LogP contribution in [0.5, 0.6) is 0 Å². The molecule has 3 rings (SSSR count). The molecule has 0 amide bonds. The minimum absolute atomic E-state index is 0.250. The lowest BCUT2D eigenvalue weighted by molar-refractivity contribution is -0.137. The molecule has 1 heterocycles. The van der Waals surface area contributed by atoms with E-state index in [1.54, 1.807) is 6.07 Å². The van der Waals surface area contributed by atoms with Gasteiger partial charge in [0.25, 0.3) is 0 Å². The third kappa shape index (κ3) is 4.45. The Labute approximate surface area is 156 Å². The Morgan fingerprint density at radius 3 is 2.48 bits per heavy atom. The second-order valence-corrected chi connectivity index (χ2v) is 6.71. The van der Waals surface area contributed by atoms with E-state index < -0.39 is 11.7 Å². The quantitative estimate of drug-likeness (QED) is 0.586. The summed E-state index contributed by atoms with van der Waals surface area (Å²) < 4.78 is 39.1. The first kappa shape index (κ1) is 18.9. The van der Waals surface area contributed by atoms with Gasteiger partial charge < -0.3 is 5.32 Å². The molecule has 0 aliphatic rings. The Balaban J connectivity index is 2.13. The summed E-state index contributed by atoms with van der Waals surface area (Å²) in [5.74, 6) is 1.18. The second kappa shape index (κ2) is 7.39. The van der Waals surface area contributed by atoms with Crippen molar-refractivity contribution in [2.75, 3.05) is 5.32 Å². The van der Waals surface area contributed by atoms with Gasteiger partial charge in [-0.1, -0.05) is 44.2 Å². The zero-order chi connectivity index (χ0) is 19.6. The van der Waals surface area contributed by atoms with Crippen molar-refractivity contribution in [2.24, 2.45) is 5.92 Å². The molecule has 2 aromatic carbocycles. The maximum Gasteiger partial charge on any atom is 0.416 e. The van der Waals surface area contributed by atoms with Crippen molar-refractivity contribution in [3.63, 3.8) is 0 Å². The first-order valence-electron chi connectivity index (χ1n) is 8.64. The number of nitrogens with zero attached hydrogens (tertiary/aromatic N) is 2. The highest BCUT2D eigenvalue weighted by Gasteiger charge is 2.30. The molecule has 3 aromatic rings. The molecule has 6 heteroatoms. The van der Waals surface area contributed by atoms with Crippen molar-refractivity contribution >= 4 is 16.7 Å². The number of benzene rings is 2. The van der Waals surface area contributed by atoms with Crippen LogP contribution < -0.4 is 5.32 Å². The van der Waals surface area contributed by atoms with E-state index in [-0.39, 0.29) is 5.82 Å². The van der Waals surface area contributed by atoms with Crippen molar-refractivity contribution in [1.29, 1.82) is 0 Å². The highest BCUT2D eigenvalue weighted by atomic mass is 19.4. The first-order chi connectivity index (χ1) is 12.7. The summed E-state index contributed by atoms with van der Waals surface area (Å²) in [6.07, 6.45) is -2.36. The molecule has 0 aliphatic carbocycles. The van der Waals surface area contributed by atoms with Crippen LogP contribution in [0, 0.1) is 5.92 Å². The van der Waals surface area contributed by atoms with Crippen molar-refractivity contribution in [3.05, 3.63) is 65.9 Å². The number of fused-ring (bicyclic) bond motifs is 1. The average Bonchev–Trinajstić information content (AvgIpc) is 2.60. The van der Waals surface area contributed by atoms with E-state index in [2.05, 4.69) is 35.2 Å². The van der Waals surface area contributed by atoms with Crippen molar-refractivity contribution < 1.29 is 13.2 Å². The van der Waals surface area contributed by atoms with Gasteiger partial charge in [0, 0.05) is 16.6 Å². The summed E-state index contributed by atoms with van der Waals surface area (Å²) in [4.78, 5) is 8.97. The van der Waals surface area contributed by atoms with Gasteiger partial charge in [0.05, 0.1) is 11.1 Å². The molecule has 0 spiro atoms. The zero-order valence-corrected chi connectivity index (χ0v) is 15.3. The molecule has 1 aromatic heterocycles. The van der Waals surface area contributed by atoms with Crippen LogP contribution in [0.25, 0.3) is 22.3 Å². The normalized spacial score (nSPS) is 12.6. The van der Waals surface area contributed by atoms with Crippen LogP contribution in [0.2, 0.25) is 0 Å². The fraction of sp³-hybridized carbons (Fsp3) is 0.238. The molecule has 0 radical (unpaired) electrons. The molecule has 0 atom stereocenters. The zero-order valence-electron chi connectivity index (χ0n) is 15.3. The maximum atomic E-state index is 13.0. The lowest BCUT2D eigenvalue weighted by Gasteiger charge is -2.13. The summed E-state index contributed by atoms with van der Waals surface area (Å²) in [6.45, 7) is 6.06. The van der Waals surface area contributed by atoms with Gasteiger partial charge in [-0.3, -0.25) is 0 Å². The summed E-state index contributed by atoms with van der Waals surface area (Å²) in [6, 6.07) is 12.5. The predicted molar refractivity (Wildman–Crippen MR) is 102 cm³/mol. The Morgan fingerprint density at radius 2 is 1.78 bits per heavy atom. The second-order valence-electron chi connectivity index (χ2n) is 6.71. The number of nitrogens with one attached hydrogen (secondary N) is 1. The molecule has 0 saturated carbocycles. The number of allylic oxidation sites excluding steroid dienone is 2. The van der Waals surface area contributed by atoms with E-state index in [9.17, 15) is 13.2 Å². The number of halogens is 3. The summed E-state index contributed by atoms with van der Waals surface area (Å²) in [5.41, 5.74) is 1.19. The Morgan fingerprint density at radius 1 is 1.04 bits per heavy atom. The first-order valence-corrected chi connectivity index (χ1v) is 8.64. The minimum atomic E-state index is -4.41. The molecular formula is C21H20F3N3. The van der Waals surface area contributed by atoms with Gasteiger partial charge >= 0.3 is 6.18 Å². The fourth-order valence-electron chi connectivity index (χ4n) is 2.86. The number of anilines is 1. The van der Waals surface area contributed by atoms with E-state index in [0.717, 1.165) is 23.2 Å². The van der Waals surface area contributed by atoms with E-state index in [1.807, 2.05) is 31.2 Å². The van der Waals surface area contributed by atoms with E-state index in [0.29, 0.717) is 22.8 Å². The molecule has 27 heavy (non-hydrogen) atoms. The molecule has 3 nitrogen and oxygen atoms in total. The van der Waals surface area contributed by atoms with Gasteiger partial charge in [-0.15, -0.1) is 0 Å². The van der Waals surface area contributed by atoms with Crippen LogP contribution in [0.4, 0.5) is 19.0 Å². The summed E-state index contributed by atoms with van der Waals surface area (Å²) in [7, 11) is 0. The minimum Gasteiger partial charge on any atom is -0.344 e. The summed E-state index contributed by atoms with van der Waals surface area (Å²) >= 11 is 0. The molecular weight excluding hydrogens is 351 g/mol. The lowest BCUT2D eigenvalue weighted by Crippen LogP contribution is -2.06. The SMILES string of the molecule is C/C(=C\C(C)C)Nc1nc(-c2cccc(C(F)(F)F)c2)nc2ccccc12. The average molecular weight is 371 g/mol. The number of rotatable bonds is 4. The van der Waals surface area contributed by atoms with Gasteiger partial charge in [0.15, 0.2) is 5.82 Å². The number of aromatic nitrogens is 2. The fourth-order valence-corrected chi connectivity index (χ4v) is 2.86. The van der Waals surface area contributed by atoms with Crippen LogP contribution in [0.3, 0.4) is 0 Å². The lowest BCUT2D eigenvalue weighted by atomic mass is 10.1. The van der Waals surface area contributed by atoms with Crippen molar-refractivity contribution in [1.82, 2.24) is 9.97 Å². The summed E-state index contributed by atoms with van der Waals surface area (Å²) in [5, 5.41) is 4.07. The number of alkyl halides is 3. The Kier molecular flexibility index (Phi) is 5.17. The Bertz CT molecular complexity index is 991. The number of hydrogen-bond donors (Lipinski definition) is 1. The third-order valence-electron chi connectivity index (χ3n) is 3.95. The monoisotopic (exact) mass is 371 g/mol. The van der Waals surface area contributed by atoms with Gasteiger partial charge in [-0.25, -0.2) is 9.97 Å². The molecule has 0 unspecified atom stereocenters. The highest BCUT2D eigenvalue weighted by Crippen LogP contribution is 2.32. The van der Waals surface area contributed by atoms with Crippen LogP contribution in [0.15, 0.2) is 60.3 Å². The molecule has 0 aliphatic heterocycles. The third-order valence-corrected chi connectivity index (χ3v) is 3.95. The van der Waals surface area contributed by atoms with Gasteiger partial charge in [0.1, 0.15) is 5.82 Å². The number of para-hydroxylation sites is 1. The molecule has 0 saturated heterocycles. The number of hydrogen-bond acceptors (Lipinski definition) is 3. The van der Waals surface area contributed by atoms with E-state index in [4.69, 9.17) is 0 Å². The van der Waals surface area contributed by atoms with E-state index >= 15 is 0 Å². The van der Waals surface area contributed by atoms with Gasteiger partial charge in [-0.2, -0.15) is 13.2 Å². The largest absolute Gasteiger partial charge is 0.416 e. The van der Waals surface area contributed by atoms with Crippen LogP contribution in [-0.2, 0) is 6.18 Å². The van der Waals surface area contributed by atoms with Crippen LogP contribution in [-0.4, -0.2) is 9.97 Å². The van der Waals surface area contributed by atoms with Crippen LogP contribution >= 0.6 is 0 Å².